The Labute approximate surface area is 127 Å². The zero-order valence-electron chi connectivity index (χ0n) is 9.25. The number of phenolic OH excluding ortho intramolecular Hbond substituents is 1. The van der Waals surface area contributed by atoms with Gasteiger partial charge in [0.15, 0.2) is 0 Å². The van der Waals surface area contributed by atoms with Crippen LogP contribution < -0.4 is 5.32 Å². The molecule has 0 fully saturated rings. The Morgan fingerprint density at radius 3 is 2.61 bits per heavy atom. The number of nitrogens with one attached hydrogen (secondary N) is 1. The lowest BCUT2D eigenvalue weighted by atomic mass is 10.2. The van der Waals surface area contributed by atoms with Gasteiger partial charge in [0.1, 0.15) is 5.75 Å². The molecule has 2 rings (SSSR count). The molecule has 0 aliphatic heterocycles. The molecule has 18 heavy (non-hydrogen) atoms. The summed E-state index contributed by atoms with van der Waals surface area (Å²) in [7, 11) is 0. The van der Waals surface area contributed by atoms with Gasteiger partial charge in [-0.3, -0.25) is 0 Å². The third-order valence-electron chi connectivity index (χ3n) is 2.44. The number of phenols is 1. The molecule has 0 bridgehead atoms. The lowest BCUT2D eigenvalue weighted by Gasteiger charge is -2.10. The van der Waals surface area contributed by atoms with Gasteiger partial charge in [-0.2, -0.15) is 0 Å². The van der Waals surface area contributed by atoms with Crippen molar-refractivity contribution in [3.8, 4) is 5.75 Å². The maximum Gasteiger partial charge on any atom is 0.120 e. The molecule has 0 saturated heterocycles. The number of hydrogen-bond donors (Lipinski definition) is 2. The van der Waals surface area contributed by atoms with Crippen LogP contribution in [0.3, 0.4) is 0 Å². The van der Waals surface area contributed by atoms with Gasteiger partial charge in [0.2, 0.25) is 0 Å². The van der Waals surface area contributed by atoms with Gasteiger partial charge >= 0.3 is 0 Å². The Morgan fingerprint density at radius 1 is 1.11 bits per heavy atom. The minimum Gasteiger partial charge on any atom is -0.508 e. The monoisotopic (exact) mass is 389 g/mol. The van der Waals surface area contributed by atoms with Crippen LogP contribution in [0, 0.1) is 0 Å². The van der Waals surface area contributed by atoms with Crippen molar-refractivity contribution in [2.24, 2.45) is 0 Å². The van der Waals surface area contributed by atoms with Crippen LogP contribution in [0.1, 0.15) is 5.56 Å². The summed E-state index contributed by atoms with van der Waals surface area (Å²) in [6, 6.07) is 10.9. The topological polar surface area (TPSA) is 32.3 Å². The zero-order valence-corrected chi connectivity index (χ0v) is 13.2. The first-order chi connectivity index (χ1) is 8.56. The standard InChI is InChI=1S/C13H10Br2ClNO/c14-9-1-4-13(18)8(5-9)7-17-12-3-2-10(16)6-11(12)15/h1-6,17-18H,7H2. The molecule has 0 heterocycles. The van der Waals surface area contributed by atoms with Gasteiger partial charge in [0, 0.05) is 31.8 Å². The molecule has 0 unspecified atom stereocenters. The largest absolute Gasteiger partial charge is 0.508 e. The first-order valence-corrected chi connectivity index (χ1v) is 7.19. The Kier molecular flexibility index (Phi) is 4.54. The molecular formula is C13H10Br2ClNO. The summed E-state index contributed by atoms with van der Waals surface area (Å²) >= 11 is 12.7. The summed E-state index contributed by atoms with van der Waals surface area (Å²) in [6.45, 7) is 0.533. The second-order valence-corrected chi connectivity index (χ2v) is 5.96. The van der Waals surface area contributed by atoms with Crippen molar-refractivity contribution >= 4 is 49.1 Å². The fourth-order valence-electron chi connectivity index (χ4n) is 1.52. The fraction of sp³-hybridized carbons (Fsp3) is 0.0769. The molecule has 5 heteroatoms. The number of benzene rings is 2. The highest BCUT2D eigenvalue weighted by atomic mass is 79.9. The summed E-state index contributed by atoms with van der Waals surface area (Å²) in [5.41, 5.74) is 1.75. The zero-order chi connectivity index (χ0) is 13.1. The molecule has 0 atom stereocenters. The van der Waals surface area contributed by atoms with Gasteiger partial charge in [0.25, 0.3) is 0 Å². The first-order valence-electron chi connectivity index (χ1n) is 5.22. The van der Waals surface area contributed by atoms with Crippen molar-refractivity contribution in [2.75, 3.05) is 5.32 Å². The predicted octanol–water partition coefficient (Wildman–Crippen LogP) is 5.18. The summed E-state index contributed by atoms with van der Waals surface area (Å²) < 4.78 is 1.83. The Bertz CT molecular complexity index is 575. The number of rotatable bonds is 3. The molecule has 2 aromatic carbocycles. The summed E-state index contributed by atoms with van der Waals surface area (Å²) in [5, 5.41) is 13.6. The molecule has 0 aromatic heterocycles. The van der Waals surface area contributed by atoms with E-state index in [4.69, 9.17) is 11.6 Å². The first kappa shape index (κ1) is 13.7. The van der Waals surface area contributed by atoms with E-state index in [9.17, 15) is 5.11 Å². The Balaban J connectivity index is 2.13. The normalized spacial score (nSPS) is 10.4. The second-order valence-electron chi connectivity index (χ2n) is 3.75. The van der Waals surface area contributed by atoms with Crippen LogP contribution in [0.4, 0.5) is 5.69 Å². The van der Waals surface area contributed by atoms with E-state index in [0.717, 1.165) is 20.2 Å². The third kappa shape index (κ3) is 3.40. The van der Waals surface area contributed by atoms with Crippen molar-refractivity contribution in [3.05, 3.63) is 55.9 Å². The van der Waals surface area contributed by atoms with Crippen LogP contribution in [0.15, 0.2) is 45.3 Å². The van der Waals surface area contributed by atoms with E-state index in [1.54, 1.807) is 12.1 Å². The van der Waals surface area contributed by atoms with Crippen LogP contribution in [0.2, 0.25) is 5.02 Å². The molecule has 94 valence electrons. The molecule has 2 N–H and O–H groups in total. The maximum absolute atomic E-state index is 9.73. The summed E-state index contributed by atoms with van der Waals surface area (Å²) in [6.07, 6.45) is 0. The summed E-state index contributed by atoms with van der Waals surface area (Å²) in [5.74, 6) is 0.274. The minimum atomic E-state index is 0.274. The molecule has 0 aliphatic carbocycles. The van der Waals surface area contributed by atoms with Crippen molar-refractivity contribution in [3.63, 3.8) is 0 Å². The summed E-state index contributed by atoms with van der Waals surface area (Å²) in [4.78, 5) is 0. The van der Waals surface area contributed by atoms with E-state index in [-0.39, 0.29) is 5.75 Å². The third-order valence-corrected chi connectivity index (χ3v) is 3.83. The molecule has 2 aromatic rings. The maximum atomic E-state index is 9.73. The van der Waals surface area contributed by atoms with Crippen LogP contribution >= 0.6 is 43.5 Å². The van der Waals surface area contributed by atoms with E-state index in [0.29, 0.717) is 11.6 Å². The molecular weight excluding hydrogens is 381 g/mol. The van der Waals surface area contributed by atoms with E-state index >= 15 is 0 Å². The quantitative estimate of drug-likeness (QED) is 0.755. The van der Waals surface area contributed by atoms with Gasteiger partial charge in [0.05, 0.1) is 0 Å². The molecule has 0 amide bonds. The fourth-order valence-corrected chi connectivity index (χ4v) is 2.75. The lowest BCUT2D eigenvalue weighted by molar-refractivity contribution is 0.469. The Morgan fingerprint density at radius 2 is 1.89 bits per heavy atom. The number of hydrogen-bond acceptors (Lipinski definition) is 2. The van der Waals surface area contributed by atoms with E-state index in [2.05, 4.69) is 37.2 Å². The number of anilines is 1. The van der Waals surface area contributed by atoms with Gasteiger partial charge in [-0.1, -0.05) is 27.5 Å². The molecule has 0 radical (unpaired) electrons. The Hall–Kier alpha value is -0.710. The van der Waals surface area contributed by atoms with Gasteiger partial charge in [-0.05, 0) is 52.3 Å². The van der Waals surface area contributed by atoms with Crippen LogP contribution in [-0.4, -0.2) is 5.11 Å². The smallest absolute Gasteiger partial charge is 0.120 e. The average Bonchev–Trinajstić information content (AvgIpc) is 2.32. The molecule has 0 saturated carbocycles. The molecule has 0 aliphatic rings. The van der Waals surface area contributed by atoms with Gasteiger partial charge in [-0.15, -0.1) is 0 Å². The van der Waals surface area contributed by atoms with Gasteiger partial charge in [-0.25, -0.2) is 0 Å². The van der Waals surface area contributed by atoms with Crippen LogP contribution in [0.5, 0.6) is 5.75 Å². The van der Waals surface area contributed by atoms with Crippen molar-refractivity contribution in [1.82, 2.24) is 0 Å². The second kappa shape index (κ2) is 5.95. The van der Waals surface area contributed by atoms with Crippen molar-refractivity contribution in [1.29, 1.82) is 0 Å². The highest BCUT2D eigenvalue weighted by Crippen LogP contribution is 2.28. The minimum absolute atomic E-state index is 0.274. The van der Waals surface area contributed by atoms with E-state index in [1.165, 1.54) is 0 Å². The average molecular weight is 391 g/mol. The predicted molar refractivity (Wildman–Crippen MR) is 82.3 cm³/mol. The van der Waals surface area contributed by atoms with Crippen molar-refractivity contribution in [2.45, 2.75) is 6.54 Å². The van der Waals surface area contributed by atoms with E-state index in [1.807, 2.05) is 24.3 Å². The van der Waals surface area contributed by atoms with Crippen LogP contribution in [0.25, 0.3) is 0 Å². The van der Waals surface area contributed by atoms with Crippen LogP contribution in [-0.2, 0) is 6.54 Å². The highest BCUT2D eigenvalue weighted by Gasteiger charge is 2.04. The molecule has 0 spiro atoms. The number of aromatic hydroxyl groups is 1. The number of halogens is 3. The SMILES string of the molecule is Oc1ccc(Br)cc1CNc1ccc(Cl)cc1Br. The van der Waals surface area contributed by atoms with Crippen molar-refractivity contribution < 1.29 is 5.11 Å². The molecule has 2 nitrogen and oxygen atoms in total. The van der Waals surface area contributed by atoms with Gasteiger partial charge < -0.3 is 10.4 Å². The lowest BCUT2D eigenvalue weighted by Crippen LogP contribution is -2.00. The highest BCUT2D eigenvalue weighted by molar-refractivity contribution is 9.10. The van der Waals surface area contributed by atoms with E-state index < -0.39 is 0 Å².